The molecule has 0 unspecified atom stereocenters. The van der Waals surface area contributed by atoms with Crippen LogP contribution in [0.25, 0.3) is 0 Å². The standard InChI is InChI=1S/C18H21N3O5/c1-11-19-16(26-21-11)10-25-15-8-6-14(7-9-15)20-17(22)12-2-4-13(5-3-12)18(23)24/h6-9,12-13H,2-5,10H2,1H3,(H,20,22)(H,23,24). The molecule has 1 saturated carbocycles. The van der Waals surface area contributed by atoms with E-state index in [1.54, 1.807) is 31.2 Å². The number of carboxylic acid groups (broad SMARTS) is 1. The molecule has 26 heavy (non-hydrogen) atoms. The van der Waals surface area contributed by atoms with Crippen molar-refractivity contribution >= 4 is 17.6 Å². The van der Waals surface area contributed by atoms with Crippen molar-refractivity contribution in [3.8, 4) is 5.75 Å². The topological polar surface area (TPSA) is 115 Å². The predicted octanol–water partition coefficient (Wildman–Crippen LogP) is 2.79. The van der Waals surface area contributed by atoms with Crippen LogP contribution in [0.4, 0.5) is 5.69 Å². The number of aryl methyl sites for hydroxylation is 1. The summed E-state index contributed by atoms with van der Waals surface area (Å²) in [7, 11) is 0. The van der Waals surface area contributed by atoms with E-state index in [1.807, 2.05) is 0 Å². The number of aliphatic carboxylic acids is 1. The predicted molar refractivity (Wildman–Crippen MR) is 91.5 cm³/mol. The maximum Gasteiger partial charge on any atom is 0.306 e. The Morgan fingerprint density at radius 3 is 2.42 bits per heavy atom. The van der Waals surface area contributed by atoms with E-state index in [0.717, 1.165) is 0 Å². The van der Waals surface area contributed by atoms with Crippen LogP contribution in [0.5, 0.6) is 5.75 Å². The largest absolute Gasteiger partial charge is 0.484 e. The van der Waals surface area contributed by atoms with Crippen molar-refractivity contribution in [1.29, 1.82) is 0 Å². The number of nitrogens with one attached hydrogen (secondary N) is 1. The number of amides is 1. The molecule has 0 bridgehead atoms. The number of rotatable bonds is 6. The minimum atomic E-state index is -0.768. The Labute approximate surface area is 150 Å². The normalized spacial score (nSPS) is 19.7. The molecule has 0 spiro atoms. The highest BCUT2D eigenvalue weighted by Crippen LogP contribution is 2.30. The molecule has 8 nitrogen and oxygen atoms in total. The Morgan fingerprint density at radius 1 is 1.19 bits per heavy atom. The first-order chi connectivity index (χ1) is 12.5. The van der Waals surface area contributed by atoms with Crippen molar-refractivity contribution in [2.45, 2.75) is 39.2 Å². The van der Waals surface area contributed by atoms with Crippen molar-refractivity contribution in [1.82, 2.24) is 10.1 Å². The van der Waals surface area contributed by atoms with Crippen LogP contribution in [0.2, 0.25) is 0 Å². The quantitative estimate of drug-likeness (QED) is 0.815. The molecule has 1 aliphatic rings. The van der Waals surface area contributed by atoms with Gasteiger partial charge >= 0.3 is 5.97 Å². The number of benzene rings is 1. The van der Waals surface area contributed by atoms with Gasteiger partial charge in [-0.15, -0.1) is 0 Å². The summed E-state index contributed by atoms with van der Waals surface area (Å²) in [4.78, 5) is 27.4. The molecule has 1 aromatic carbocycles. The van der Waals surface area contributed by atoms with Crippen molar-refractivity contribution < 1.29 is 24.0 Å². The fourth-order valence-electron chi connectivity index (χ4n) is 3.03. The van der Waals surface area contributed by atoms with E-state index in [9.17, 15) is 9.59 Å². The molecule has 0 radical (unpaired) electrons. The average molecular weight is 359 g/mol. The summed E-state index contributed by atoms with van der Waals surface area (Å²) >= 11 is 0. The minimum Gasteiger partial charge on any atom is -0.484 e. The molecule has 8 heteroatoms. The molecule has 0 saturated heterocycles. The fraction of sp³-hybridized carbons (Fsp3) is 0.444. The van der Waals surface area contributed by atoms with E-state index in [0.29, 0.717) is 48.8 Å². The maximum absolute atomic E-state index is 12.3. The lowest BCUT2D eigenvalue weighted by molar-refractivity contribution is -0.143. The summed E-state index contributed by atoms with van der Waals surface area (Å²) in [6.07, 6.45) is 2.31. The second kappa shape index (κ2) is 7.99. The molecule has 3 rings (SSSR count). The van der Waals surface area contributed by atoms with Crippen LogP contribution in [-0.2, 0) is 16.2 Å². The van der Waals surface area contributed by atoms with Gasteiger partial charge in [-0.05, 0) is 56.9 Å². The maximum atomic E-state index is 12.3. The lowest BCUT2D eigenvalue weighted by Gasteiger charge is -2.25. The number of ether oxygens (including phenoxy) is 1. The number of hydrogen-bond donors (Lipinski definition) is 2. The highest BCUT2D eigenvalue weighted by molar-refractivity contribution is 5.92. The minimum absolute atomic E-state index is 0.0659. The molecule has 2 aromatic rings. The highest BCUT2D eigenvalue weighted by Gasteiger charge is 2.29. The van der Waals surface area contributed by atoms with Gasteiger partial charge in [-0.25, -0.2) is 0 Å². The van der Waals surface area contributed by atoms with Gasteiger partial charge in [0.2, 0.25) is 5.91 Å². The smallest absolute Gasteiger partial charge is 0.306 e. The van der Waals surface area contributed by atoms with Crippen molar-refractivity contribution in [2.75, 3.05) is 5.32 Å². The third kappa shape index (κ3) is 4.59. The van der Waals surface area contributed by atoms with Crippen LogP contribution in [0.3, 0.4) is 0 Å². The Kier molecular flexibility index (Phi) is 5.50. The van der Waals surface area contributed by atoms with Crippen LogP contribution in [0, 0.1) is 18.8 Å². The average Bonchev–Trinajstić information content (AvgIpc) is 3.06. The zero-order valence-corrected chi connectivity index (χ0v) is 14.5. The second-order valence-corrected chi connectivity index (χ2v) is 6.42. The summed E-state index contributed by atoms with van der Waals surface area (Å²) in [6.45, 7) is 1.91. The molecule has 0 aliphatic heterocycles. The molecule has 1 aliphatic carbocycles. The zero-order chi connectivity index (χ0) is 18.5. The third-order valence-corrected chi connectivity index (χ3v) is 4.50. The molecule has 1 fully saturated rings. The second-order valence-electron chi connectivity index (χ2n) is 6.42. The summed E-state index contributed by atoms with van der Waals surface area (Å²) in [5.74, 6) is 0.288. The van der Waals surface area contributed by atoms with Crippen LogP contribution in [0.15, 0.2) is 28.8 Å². The van der Waals surface area contributed by atoms with Gasteiger partial charge in [0.05, 0.1) is 5.92 Å². The van der Waals surface area contributed by atoms with E-state index in [1.165, 1.54) is 0 Å². The third-order valence-electron chi connectivity index (χ3n) is 4.50. The van der Waals surface area contributed by atoms with Gasteiger partial charge in [0.15, 0.2) is 12.4 Å². The van der Waals surface area contributed by atoms with Crippen LogP contribution < -0.4 is 10.1 Å². The summed E-state index contributed by atoms with van der Waals surface area (Å²) < 4.78 is 10.5. The number of aromatic nitrogens is 2. The highest BCUT2D eigenvalue weighted by atomic mass is 16.5. The van der Waals surface area contributed by atoms with E-state index in [4.69, 9.17) is 14.4 Å². The lowest BCUT2D eigenvalue weighted by atomic mass is 9.81. The summed E-state index contributed by atoms with van der Waals surface area (Å²) in [5, 5.41) is 15.6. The van der Waals surface area contributed by atoms with E-state index in [2.05, 4.69) is 15.5 Å². The van der Waals surface area contributed by atoms with E-state index >= 15 is 0 Å². The molecule has 1 aromatic heterocycles. The first-order valence-electron chi connectivity index (χ1n) is 8.57. The number of nitrogens with zero attached hydrogens (tertiary/aromatic N) is 2. The molecule has 1 amide bonds. The van der Waals surface area contributed by atoms with Crippen LogP contribution >= 0.6 is 0 Å². The Bertz CT molecular complexity index is 763. The molecule has 0 atom stereocenters. The Hall–Kier alpha value is -2.90. The van der Waals surface area contributed by atoms with Crippen molar-refractivity contribution in [2.24, 2.45) is 11.8 Å². The molecular formula is C18H21N3O5. The first kappa shape index (κ1) is 17.9. The van der Waals surface area contributed by atoms with Gasteiger partial charge in [0, 0.05) is 11.6 Å². The lowest BCUT2D eigenvalue weighted by Crippen LogP contribution is -2.29. The number of hydrogen-bond acceptors (Lipinski definition) is 6. The summed E-state index contributed by atoms with van der Waals surface area (Å²) in [6, 6.07) is 7.02. The first-order valence-corrected chi connectivity index (χ1v) is 8.57. The summed E-state index contributed by atoms with van der Waals surface area (Å²) in [5.41, 5.74) is 0.677. The van der Waals surface area contributed by atoms with Crippen LogP contribution in [0.1, 0.15) is 37.4 Å². The Morgan fingerprint density at radius 2 is 1.85 bits per heavy atom. The van der Waals surface area contributed by atoms with E-state index < -0.39 is 5.97 Å². The number of anilines is 1. The van der Waals surface area contributed by atoms with Crippen molar-refractivity contribution in [3.63, 3.8) is 0 Å². The van der Waals surface area contributed by atoms with E-state index in [-0.39, 0.29) is 24.3 Å². The SMILES string of the molecule is Cc1noc(COc2ccc(NC(=O)C3CCC(C(=O)O)CC3)cc2)n1. The van der Waals surface area contributed by atoms with Gasteiger partial charge < -0.3 is 19.7 Å². The van der Waals surface area contributed by atoms with Crippen LogP contribution in [-0.4, -0.2) is 27.1 Å². The van der Waals surface area contributed by atoms with Crippen molar-refractivity contribution in [3.05, 3.63) is 36.0 Å². The monoisotopic (exact) mass is 359 g/mol. The van der Waals surface area contributed by atoms with Gasteiger partial charge in [-0.3, -0.25) is 9.59 Å². The van der Waals surface area contributed by atoms with Gasteiger partial charge in [-0.1, -0.05) is 5.16 Å². The van der Waals surface area contributed by atoms with Gasteiger partial charge in [0.1, 0.15) is 5.75 Å². The molecule has 138 valence electrons. The number of carbonyl (C=O) groups is 2. The number of carboxylic acids is 1. The van der Waals surface area contributed by atoms with Gasteiger partial charge in [0.25, 0.3) is 5.89 Å². The van der Waals surface area contributed by atoms with Gasteiger partial charge in [-0.2, -0.15) is 4.98 Å². The zero-order valence-electron chi connectivity index (χ0n) is 14.5. The Balaban J connectivity index is 1.48. The fourth-order valence-corrected chi connectivity index (χ4v) is 3.03. The molecule has 2 N–H and O–H groups in total. The molecular weight excluding hydrogens is 338 g/mol. The molecule has 1 heterocycles. The number of carbonyl (C=O) groups excluding carboxylic acids is 1.